The molecule has 0 atom stereocenters. The summed E-state index contributed by atoms with van der Waals surface area (Å²) in [4.78, 5) is 11.2. The largest absolute Gasteiger partial charge is 0.378 e. The molecule has 1 aromatic carbocycles. The molecule has 106 valence electrons. The van der Waals surface area contributed by atoms with Gasteiger partial charge in [-0.1, -0.05) is 25.1 Å². The van der Waals surface area contributed by atoms with Gasteiger partial charge in [0.05, 0.1) is 11.4 Å². The van der Waals surface area contributed by atoms with Crippen molar-refractivity contribution in [2.45, 2.75) is 26.8 Å². The number of hydrogen-bond donors (Lipinski definition) is 2. The molecule has 0 bridgehead atoms. The van der Waals surface area contributed by atoms with Gasteiger partial charge >= 0.3 is 0 Å². The summed E-state index contributed by atoms with van der Waals surface area (Å²) in [5.41, 5.74) is 3.97. The number of amides is 1. The Bertz CT molecular complexity index is 604. The first-order valence-electron chi connectivity index (χ1n) is 6.72. The van der Waals surface area contributed by atoms with Gasteiger partial charge in [-0.05, 0) is 18.1 Å². The van der Waals surface area contributed by atoms with E-state index in [4.69, 9.17) is 0 Å². The predicted octanol–water partition coefficient (Wildman–Crippen LogP) is 2.55. The SMILES string of the molecule is CCc1nn(C)cc1NCc1ccccc1NC(C)=O. The molecule has 0 aliphatic carbocycles. The molecular weight excluding hydrogens is 252 g/mol. The number of nitrogens with zero attached hydrogens (tertiary/aromatic N) is 2. The Labute approximate surface area is 119 Å². The summed E-state index contributed by atoms with van der Waals surface area (Å²) in [6, 6.07) is 7.78. The summed E-state index contributed by atoms with van der Waals surface area (Å²) in [6.45, 7) is 4.24. The molecular formula is C15H20N4O. The molecule has 0 radical (unpaired) electrons. The maximum absolute atomic E-state index is 11.2. The van der Waals surface area contributed by atoms with E-state index >= 15 is 0 Å². The van der Waals surface area contributed by atoms with E-state index in [1.54, 1.807) is 4.68 Å². The molecule has 0 saturated carbocycles. The Balaban J connectivity index is 2.12. The first kappa shape index (κ1) is 14.1. The maximum Gasteiger partial charge on any atom is 0.221 e. The Morgan fingerprint density at radius 1 is 1.30 bits per heavy atom. The zero-order valence-corrected chi connectivity index (χ0v) is 12.1. The van der Waals surface area contributed by atoms with Crippen molar-refractivity contribution in [3.8, 4) is 0 Å². The van der Waals surface area contributed by atoms with Crippen molar-refractivity contribution in [2.75, 3.05) is 10.6 Å². The summed E-state index contributed by atoms with van der Waals surface area (Å²) in [6.07, 6.45) is 2.86. The van der Waals surface area contributed by atoms with Crippen LogP contribution < -0.4 is 10.6 Å². The number of benzene rings is 1. The molecule has 0 fully saturated rings. The first-order valence-corrected chi connectivity index (χ1v) is 6.72. The molecule has 1 heterocycles. The molecule has 1 aromatic heterocycles. The van der Waals surface area contributed by atoms with Crippen LogP contribution in [0.25, 0.3) is 0 Å². The lowest BCUT2D eigenvalue weighted by Gasteiger charge is -2.11. The monoisotopic (exact) mass is 272 g/mol. The minimum atomic E-state index is -0.0620. The van der Waals surface area contributed by atoms with Gasteiger partial charge in [-0.2, -0.15) is 5.10 Å². The Morgan fingerprint density at radius 3 is 2.75 bits per heavy atom. The second kappa shape index (κ2) is 6.23. The van der Waals surface area contributed by atoms with Crippen molar-refractivity contribution in [2.24, 2.45) is 7.05 Å². The lowest BCUT2D eigenvalue weighted by Crippen LogP contribution is -2.10. The number of aromatic nitrogens is 2. The van der Waals surface area contributed by atoms with Gasteiger partial charge in [0.1, 0.15) is 0 Å². The molecule has 2 N–H and O–H groups in total. The lowest BCUT2D eigenvalue weighted by molar-refractivity contribution is -0.114. The molecule has 0 aliphatic heterocycles. The van der Waals surface area contributed by atoms with Gasteiger partial charge in [0.15, 0.2) is 0 Å². The van der Waals surface area contributed by atoms with Crippen molar-refractivity contribution < 1.29 is 4.79 Å². The number of carbonyl (C=O) groups excluding carboxylic acids is 1. The van der Waals surface area contributed by atoms with Gasteiger partial charge in [0.2, 0.25) is 5.91 Å². The minimum absolute atomic E-state index is 0.0620. The summed E-state index contributed by atoms with van der Waals surface area (Å²) < 4.78 is 1.81. The summed E-state index contributed by atoms with van der Waals surface area (Å²) in [7, 11) is 1.91. The van der Waals surface area contributed by atoms with Crippen molar-refractivity contribution in [1.82, 2.24) is 9.78 Å². The third-order valence-corrected chi connectivity index (χ3v) is 3.04. The number of rotatable bonds is 5. The molecule has 0 unspecified atom stereocenters. The highest BCUT2D eigenvalue weighted by atomic mass is 16.1. The maximum atomic E-state index is 11.2. The zero-order chi connectivity index (χ0) is 14.5. The van der Waals surface area contributed by atoms with Crippen LogP contribution in [0.2, 0.25) is 0 Å². The van der Waals surface area contributed by atoms with E-state index in [1.807, 2.05) is 37.5 Å². The van der Waals surface area contributed by atoms with E-state index in [9.17, 15) is 4.79 Å². The molecule has 0 saturated heterocycles. The Morgan fingerprint density at radius 2 is 2.05 bits per heavy atom. The van der Waals surface area contributed by atoms with Crippen LogP contribution in [-0.2, 0) is 24.8 Å². The molecule has 2 aromatic rings. The number of para-hydroxylation sites is 1. The Hall–Kier alpha value is -2.30. The fraction of sp³-hybridized carbons (Fsp3) is 0.333. The first-order chi connectivity index (χ1) is 9.60. The fourth-order valence-electron chi connectivity index (χ4n) is 2.12. The number of carbonyl (C=O) groups is 1. The van der Waals surface area contributed by atoms with Crippen molar-refractivity contribution in [3.05, 3.63) is 41.7 Å². The average molecular weight is 272 g/mol. The topological polar surface area (TPSA) is 59.0 Å². The smallest absolute Gasteiger partial charge is 0.221 e. The summed E-state index contributed by atoms with van der Waals surface area (Å²) in [5, 5.41) is 10.6. The van der Waals surface area contributed by atoms with Gasteiger partial charge in [-0.25, -0.2) is 0 Å². The van der Waals surface area contributed by atoms with Crippen LogP contribution in [0.4, 0.5) is 11.4 Å². The van der Waals surface area contributed by atoms with E-state index in [0.717, 1.165) is 29.1 Å². The second-order valence-electron chi connectivity index (χ2n) is 4.71. The highest BCUT2D eigenvalue weighted by molar-refractivity contribution is 5.89. The highest BCUT2D eigenvalue weighted by Gasteiger charge is 2.07. The summed E-state index contributed by atoms with van der Waals surface area (Å²) in [5.74, 6) is -0.0620. The van der Waals surface area contributed by atoms with Crippen LogP contribution in [0.5, 0.6) is 0 Å². The standard InChI is InChI=1S/C15H20N4O/c1-4-13-15(10-19(3)18-13)16-9-12-7-5-6-8-14(12)17-11(2)20/h5-8,10,16H,4,9H2,1-3H3,(H,17,20). The van der Waals surface area contributed by atoms with E-state index in [2.05, 4.69) is 22.7 Å². The normalized spacial score (nSPS) is 10.3. The fourth-order valence-corrected chi connectivity index (χ4v) is 2.12. The number of nitrogens with one attached hydrogen (secondary N) is 2. The van der Waals surface area contributed by atoms with Gasteiger partial charge in [0, 0.05) is 32.4 Å². The van der Waals surface area contributed by atoms with E-state index in [-0.39, 0.29) is 5.91 Å². The van der Waals surface area contributed by atoms with Gasteiger partial charge in [-0.3, -0.25) is 9.48 Å². The van der Waals surface area contributed by atoms with Crippen LogP contribution in [-0.4, -0.2) is 15.7 Å². The third-order valence-electron chi connectivity index (χ3n) is 3.04. The van der Waals surface area contributed by atoms with E-state index in [0.29, 0.717) is 6.54 Å². The van der Waals surface area contributed by atoms with Gasteiger partial charge in [-0.15, -0.1) is 0 Å². The van der Waals surface area contributed by atoms with Crippen LogP contribution in [0, 0.1) is 0 Å². The second-order valence-corrected chi connectivity index (χ2v) is 4.71. The molecule has 1 amide bonds. The van der Waals surface area contributed by atoms with E-state index < -0.39 is 0 Å². The van der Waals surface area contributed by atoms with Crippen LogP contribution in [0.1, 0.15) is 25.1 Å². The highest BCUT2D eigenvalue weighted by Crippen LogP contribution is 2.19. The molecule has 2 rings (SSSR count). The predicted molar refractivity (Wildman–Crippen MR) is 80.7 cm³/mol. The third kappa shape index (κ3) is 3.38. The van der Waals surface area contributed by atoms with Crippen LogP contribution in [0.15, 0.2) is 30.5 Å². The zero-order valence-electron chi connectivity index (χ0n) is 12.1. The molecule has 0 spiro atoms. The van der Waals surface area contributed by atoms with Crippen molar-refractivity contribution in [1.29, 1.82) is 0 Å². The molecule has 5 heteroatoms. The minimum Gasteiger partial charge on any atom is -0.378 e. The quantitative estimate of drug-likeness (QED) is 0.879. The number of hydrogen-bond acceptors (Lipinski definition) is 3. The van der Waals surface area contributed by atoms with Crippen molar-refractivity contribution >= 4 is 17.3 Å². The van der Waals surface area contributed by atoms with Gasteiger partial charge in [0.25, 0.3) is 0 Å². The molecule has 20 heavy (non-hydrogen) atoms. The average Bonchev–Trinajstić information content (AvgIpc) is 2.77. The lowest BCUT2D eigenvalue weighted by atomic mass is 10.1. The Kier molecular flexibility index (Phi) is 4.40. The number of aryl methyl sites for hydroxylation is 2. The van der Waals surface area contributed by atoms with E-state index in [1.165, 1.54) is 6.92 Å². The summed E-state index contributed by atoms with van der Waals surface area (Å²) >= 11 is 0. The van der Waals surface area contributed by atoms with Crippen LogP contribution >= 0.6 is 0 Å². The number of anilines is 2. The van der Waals surface area contributed by atoms with Crippen LogP contribution in [0.3, 0.4) is 0 Å². The molecule has 0 aliphatic rings. The van der Waals surface area contributed by atoms with Gasteiger partial charge < -0.3 is 10.6 Å². The molecule has 5 nitrogen and oxygen atoms in total. The van der Waals surface area contributed by atoms with Crippen molar-refractivity contribution in [3.63, 3.8) is 0 Å².